The Morgan fingerprint density at radius 1 is 1.10 bits per heavy atom. The van der Waals surface area contributed by atoms with Crippen LogP contribution in [0, 0.1) is 6.92 Å². The van der Waals surface area contributed by atoms with Gasteiger partial charge in [0.25, 0.3) is 5.91 Å². The Morgan fingerprint density at radius 2 is 1.83 bits per heavy atom. The van der Waals surface area contributed by atoms with Gasteiger partial charge in [-0.05, 0) is 37.1 Å². The molecule has 0 aliphatic carbocycles. The van der Waals surface area contributed by atoms with Crippen molar-refractivity contribution in [3.05, 3.63) is 76.1 Å². The number of imide groups is 1. The summed E-state index contributed by atoms with van der Waals surface area (Å²) in [5.41, 5.74) is 0.402. The van der Waals surface area contributed by atoms with E-state index in [9.17, 15) is 19.2 Å². The molecule has 1 aliphatic heterocycles. The molecule has 8 heteroatoms. The van der Waals surface area contributed by atoms with Crippen LogP contribution in [-0.2, 0) is 15.1 Å². The molecule has 2 heterocycles. The van der Waals surface area contributed by atoms with Crippen molar-refractivity contribution < 1.29 is 18.8 Å². The van der Waals surface area contributed by atoms with E-state index in [-0.39, 0.29) is 0 Å². The summed E-state index contributed by atoms with van der Waals surface area (Å²) in [7, 11) is 0. The lowest BCUT2D eigenvalue weighted by molar-refractivity contribution is -0.133. The van der Waals surface area contributed by atoms with E-state index in [4.69, 9.17) is 4.42 Å². The fourth-order valence-electron chi connectivity index (χ4n) is 3.55. The number of carbonyl (C=O) groups is 3. The first kappa shape index (κ1) is 19.4. The molecular formula is C22H19N3O5. The number of hydrogen-bond acceptors (Lipinski definition) is 5. The van der Waals surface area contributed by atoms with E-state index in [0.29, 0.717) is 16.8 Å². The number of anilines is 1. The second kappa shape index (κ2) is 7.14. The average molecular weight is 405 g/mol. The highest BCUT2D eigenvalue weighted by Gasteiger charge is 2.49. The van der Waals surface area contributed by atoms with Crippen molar-refractivity contribution in [1.82, 2.24) is 10.2 Å². The first-order valence-corrected chi connectivity index (χ1v) is 9.32. The molecular weight excluding hydrogens is 386 g/mol. The Morgan fingerprint density at radius 3 is 2.57 bits per heavy atom. The van der Waals surface area contributed by atoms with Crippen molar-refractivity contribution in [3.63, 3.8) is 0 Å². The van der Waals surface area contributed by atoms with E-state index in [1.54, 1.807) is 50.2 Å². The van der Waals surface area contributed by atoms with Crippen LogP contribution in [0.2, 0.25) is 0 Å². The molecule has 1 saturated heterocycles. The lowest BCUT2D eigenvalue weighted by Gasteiger charge is -2.22. The summed E-state index contributed by atoms with van der Waals surface area (Å²) in [6, 6.07) is 14.5. The Balaban J connectivity index is 1.52. The largest absolute Gasteiger partial charge is 0.423 e. The Kier molecular flexibility index (Phi) is 4.62. The molecule has 0 saturated carbocycles. The highest BCUT2D eigenvalue weighted by Crippen LogP contribution is 2.28. The van der Waals surface area contributed by atoms with E-state index >= 15 is 0 Å². The van der Waals surface area contributed by atoms with Gasteiger partial charge in [0.05, 0.1) is 0 Å². The third kappa shape index (κ3) is 3.32. The summed E-state index contributed by atoms with van der Waals surface area (Å²) in [6.45, 7) is 2.95. The average Bonchev–Trinajstić information content (AvgIpc) is 2.92. The maximum absolute atomic E-state index is 12.9. The van der Waals surface area contributed by atoms with E-state index in [1.807, 2.05) is 6.07 Å². The quantitative estimate of drug-likeness (QED) is 0.512. The lowest BCUT2D eigenvalue weighted by Crippen LogP contribution is -2.42. The molecule has 4 amide bonds. The van der Waals surface area contributed by atoms with Crippen LogP contribution in [-0.4, -0.2) is 29.3 Å². The molecule has 0 radical (unpaired) electrons. The van der Waals surface area contributed by atoms with Gasteiger partial charge in [-0.15, -0.1) is 0 Å². The second-order valence-electron chi connectivity index (χ2n) is 7.32. The molecule has 0 unspecified atom stereocenters. The highest BCUT2D eigenvalue weighted by atomic mass is 16.4. The SMILES string of the molecule is Cc1cc(=O)oc2cc(NC(=O)CN3C(=O)N[C@@](C)(c4ccccc4)C3=O)ccc12. The number of carbonyl (C=O) groups excluding carboxylic acids is 3. The number of nitrogens with one attached hydrogen (secondary N) is 2. The van der Waals surface area contributed by atoms with Gasteiger partial charge in [-0.3, -0.25) is 14.5 Å². The van der Waals surface area contributed by atoms with Gasteiger partial charge >= 0.3 is 11.7 Å². The van der Waals surface area contributed by atoms with E-state index in [2.05, 4.69) is 10.6 Å². The van der Waals surface area contributed by atoms with Crippen molar-refractivity contribution in [1.29, 1.82) is 0 Å². The van der Waals surface area contributed by atoms with Crippen LogP contribution >= 0.6 is 0 Å². The molecule has 8 nitrogen and oxygen atoms in total. The fraction of sp³-hybridized carbons (Fsp3) is 0.182. The molecule has 1 aliphatic rings. The molecule has 1 fully saturated rings. The number of urea groups is 1. The zero-order chi connectivity index (χ0) is 21.5. The van der Waals surface area contributed by atoms with Crippen LogP contribution in [0.25, 0.3) is 11.0 Å². The Hall–Kier alpha value is -3.94. The molecule has 1 atom stereocenters. The van der Waals surface area contributed by atoms with Crippen molar-refractivity contribution >= 4 is 34.5 Å². The van der Waals surface area contributed by atoms with Gasteiger partial charge in [-0.25, -0.2) is 9.59 Å². The predicted octanol–water partition coefficient (Wildman–Crippen LogP) is 2.51. The maximum atomic E-state index is 12.9. The monoisotopic (exact) mass is 405 g/mol. The van der Waals surface area contributed by atoms with Gasteiger partial charge < -0.3 is 15.1 Å². The number of aryl methyl sites for hydroxylation is 1. The van der Waals surface area contributed by atoms with Gasteiger partial charge in [0.2, 0.25) is 5.91 Å². The smallest absolute Gasteiger partial charge is 0.336 e. The number of rotatable bonds is 4. The molecule has 3 aromatic rings. The first-order valence-electron chi connectivity index (χ1n) is 9.32. The van der Waals surface area contributed by atoms with E-state index < -0.39 is 35.6 Å². The molecule has 0 bridgehead atoms. The number of hydrogen-bond donors (Lipinski definition) is 2. The van der Waals surface area contributed by atoms with Crippen molar-refractivity contribution in [2.45, 2.75) is 19.4 Å². The van der Waals surface area contributed by atoms with Crippen LogP contribution in [0.15, 0.2) is 63.8 Å². The van der Waals surface area contributed by atoms with E-state index in [0.717, 1.165) is 15.8 Å². The van der Waals surface area contributed by atoms with Crippen LogP contribution in [0.5, 0.6) is 0 Å². The summed E-state index contributed by atoms with van der Waals surface area (Å²) in [6.07, 6.45) is 0. The minimum absolute atomic E-state index is 0.337. The van der Waals surface area contributed by atoms with Crippen LogP contribution < -0.4 is 16.3 Å². The van der Waals surface area contributed by atoms with Gasteiger partial charge in [0.15, 0.2) is 0 Å². The van der Waals surface area contributed by atoms with Crippen molar-refractivity contribution in [2.24, 2.45) is 0 Å². The molecule has 0 spiro atoms. The number of amides is 4. The van der Waals surface area contributed by atoms with Crippen molar-refractivity contribution in [3.8, 4) is 0 Å². The number of benzene rings is 2. The minimum atomic E-state index is -1.23. The van der Waals surface area contributed by atoms with Crippen LogP contribution in [0.3, 0.4) is 0 Å². The van der Waals surface area contributed by atoms with Crippen LogP contribution in [0.4, 0.5) is 10.5 Å². The molecule has 1 aromatic heterocycles. The molecule has 2 aromatic carbocycles. The molecule has 30 heavy (non-hydrogen) atoms. The van der Waals surface area contributed by atoms with Gasteiger partial charge in [0.1, 0.15) is 17.7 Å². The predicted molar refractivity (Wildman–Crippen MR) is 110 cm³/mol. The standard InChI is InChI=1S/C22H19N3O5/c1-13-10-19(27)30-17-11-15(8-9-16(13)17)23-18(26)12-25-20(28)22(2,24-21(25)29)14-6-4-3-5-7-14/h3-11H,12H2,1-2H3,(H,23,26)(H,24,29)/t22-/m0/s1. The minimum Gasteiger partial charge on any atom is -0.423 e. The molecule has 2 N–H and O–H groups in total. The van der Waals surface area contributed by atoms with Gasteiger partial charge in [0, 0.05) is 23.2 Å². The summed E-state index contributed by atoms with van der Waals surface area (Å²) in [5, 5.41) is 6.04. The first-order chi connectivity index (χ1) is 14.3. The maximum Gasteiger partial charge on any atom is 0.336 e. The third-order valence-corrected chi connectivity index (χ3v) is 5.16. The fourth-order valence-corrected chi connectivity index (χ4v) is 3.55. The van der Waals surface area contributed by atoms with Gasteiger partial charge in [-0.1, -0.05) is 30.3 Å². The zero-order valence-electron chi connectivity index (χ0n) is 16.4. The second-order valence-corrected chi connectivity index (χ2v) is 7.32. The van der Waals surface area contributed by atoms with E-state index in [1.165, 1.54) is 12.1 Å². The highest BCUT2D eigenvalue weighted by molar-refractivity contribution is 6.10. The topological polar surface area (TPSA) is 109 Å². The lowest BCUT2D eigenvalue weighted by atomic mass is 9.92. The normalized spacial score (nSPS) is 18.5. The number of nitrogens with zero attached hydrogens (tertiary/aromatic N) is 1. The van der Waals surface area contributed by atoms with Gasteiger partial charge in [-0.2, -0.15) is 0 Å². The molecule has 4 rings (SSSR count). The van der Waals surface area contributed by atoms with Crippen LogP contribution in [0.1, 0.15) is 18.1 Å². The summed E-state index contributed by atoms with van der Waals surface area (Å²) >= 11 is 0. The Labute approximate surface area is 171 Å². The summed E-state index contributed by atoms with van der Waals surface area (Å²) < 4.78 is 5.17. The summed E-state index contributed by atoms with van der Waals surface area (Å²) in [5.74, 6) is -1.06. The third-order valence-electron chi connectivity index (χ3n) is 5.16. The van der Waals surface area contributed by atoms with Crippen molar-refractivity contribution in [2.75, 3.05) is 11.9 Å². The Bertz CT molecular complexity index is 1230. The zero-order valence-corrected chi connectivity index (χ0v) is 16.4. The summed E-state index contributed by atoms with van der Waals surface area (Å²) in [4.78, 5) is 50.2. The number of fused-ring (bicyclic) bond motifs is 1. The molecule has 152 valence electrons.